The number of carbonyl (C=O) groups excluding carboxylic acids is 1. The first kappa shape index (κ1) is 25.4. The zero-order valence-electron chi connectivity index (χ0n) is 16.1. The predicted octanol–water partition coefficient (Wildman–Crippen LogP) is 3.20. The summed E-state index contributed by atoms with van der Waals surface area (Å²) in [6.45, 7) is 2.06. The molecule has 166 valence electrons. The zero-order valence-corrected chi connectivity index (χ0v) is 16.9. The Morgan fingerprint density at radius 3 is 1.90 bits per heavy atom. The molecule has 1 N–H and O–H groups in total. The van der Waals surface area contributed by atoms with E-state index in [1.807, 2.05) is 0 Å². The maximum Gasteiger partial charge on any atom is 0.416 e. The summed E-state index contributed by atoms with van der Waals surface area (Å²) in [7, 11) is -0.609. The lowest BCUT2D eigenvalue weighted by Gasteiger charge is -2.28. The van der Waals surface area contributed by atoms with Gasteiger partial charge in [-0.05, 0) is 23.8 Å². The summed E-state index contributed by atoms with van der Waals surface area (Å²) in [6.07, 6.45) is -9.77. The molecule has 0 aliphatic heterocycles. The summed E-state index contributed by atoms with van der Waals surface area (Å²) in [5.41, 5.74) is -3.76. The van der Waals surface area contributed by atoms with Crippen LogP contribution in [0.2, 0.25) is 0 Å². The first-order chi connectivity index (χ1) is 12.9. The van der Waals surface area contributed by atoms with Gasteiger partial charge in [0, 0.05) is 19.9 Å². The summed E-state index contributed by atoms with van der Waals surface area (Å²) in [6, 6.07) is 0.723. The second-order valence-corrected chi connectivity index (χ2v) is 9.25. The summed E-state index contributed by atoms with van der Waals surface area (Å²) in [4.78, 5) is 11.2. The van der Waals surface area contributed by atoms with Gasteiger partial charge in [-0.2, -0.15) is 26.3 Å². The quantitative estimate of drug-likeness (QED) is 0.358. The largest absolute Gasteiger partial charge is 0.416 e. The average Bonchev–Trinajstić information content (AvgIpc) is 2.48. The molecule has 0 amide bonds. The molecule has 0 aliphatic carbocycles. The lowest BCUT2D eigenvalue weighted by Crippen LogP contribution is -2.45. The van der Waals surface area contributed by atoms with E-state index in [-0.39, 0.29) is 24.9 Å². The summed E-state index contributed by atoms with van der Waals surface area (Å²) >= 11 is 0. The lowest BCUT2D eigenvalue weighted by molar-refractivity contribution is -0.882. The van der Waals surface area contributed by atoms with Crippen LogP contribution in [0.3, 0.4) is 0 Å². The van der Waals surface area contributed by atoms with Crippen LogP contribution in [0, 0.1) is 0 Å². The van der Waals surface area contributed by atoms with Crippen LogP contribution in [-0.2, 0) is 32.9 Å². The zero-order chi connectivity index (χ0) is 22.7. The van der Waals surface area contributed by atoms with Crippen molar-refractivity contribution in [3.05, 3.63) is 34.9 Å². The van der Waals surface area contributed by atoms with Gasteiger partial charge < -0.3 is 4.48 Å². The number of likely N-dealkylation sites (N-methyl/N-ethyl adjacent to an activating group) is 1. The number of alkyl halides is 6. The van der Waals surface area contributed by atoms with Crippen molar-refractivity contribution in [1.29, 1.82) is 0 Å². The highest BCUT2D eigenvalue weighted by molar-refractivity contribution is 7.88. The van der Waals surface area contributed by atoms with E-state index < -0.39 is 44.8 Å². The van der Waals surface area contributed by atoms with Crippen LogP contribution < -0.4 is 4.72 Å². The Morgan fingerprint density at radius 2 is 1.48 bits per heavy atom. The molecule has 1 rings (SSSR count). The van der Waals surface area contributed by atoms with E-state index in [4.69, 9.17) is 0 Å². The van der Waals surface area contributed by atoms with Crippen LogP contribution in [0.5, 0.6) is 0 Å². The third kappa shape index (κ3) is 9.13. The van der Waals surface area contributed by atoms with Gasteiger partial charge in [-0.1, -0.05) is 0 Å². The smallest absolute Gasteiger partial charge is 0.322 e. The van der Waals surface area contributed by atoms with Crippen LogP contribution in [0.1, 0.15) is 30.0 Å². The Labute approximate surface area is 165 Å². The molecule has 29 heavy (non-hydrogen) atoms. The number of halogens is 6. The monoisotopic (exact) mass is 449 g/mol. The second-order valence-electron chi connectivity index (χ2n) is 7.44. The molecule has 0 aliphatic rings. The molecule has 1 aromatic rings. The topological polar surface area (TPSA) is 63.2 Å². The molecule has 0 fully saturated rings. The number of nitrogens with zero attached hydrogens (tertiary/aromatic N) is 1. The summed E-state index contributed by atoms with van der Waals surface area (Å²) in [5.74, 6) is -1.06. The fraction of sp³-hybridized carbons (Fsp3) is 0.588. The molecule has 0 saturated heterocycles. The van der Waals surface area contributed by atoms with Crippen LogP contribution in [0.15, 0.2) is 18.2 Å². The molecule has 0 aromatic heterocycles. The SMILES string of the molecule is CC(=O)C[N+](C)(C)CCCNS(=O)(=O)Cc1cc(C(F)(F)F)cc(C(F)(F)F)c1. The van der Waals surface area contributed by atoms with E-state index in [1.165, 1.54) is 6.92 Å². The Kier molecular flexibility index (Phi) is 7.88. The Hall–Kier alpha value is -1.66. The van der Waals surface area contributed by atoms with E-state index in [0.29, 0.717) is 29.6 Å². The van der Waals surface area contributed by atoms with Gasteiger partial charge in [0.2, 0.25) is 10.0 Å². The molecule has 0 heterocycles. The highest BCUT2D eigenvalue weighted by atomic mass is 32.2. The Balaban J connectivity index is 2.86. The number of benzene rings is 1. The van der Waals surface area contributed by atoms with Crippen molar-refractivity contribution in [2.24, 2.45) is 0 Å². The molecule has 5 nitrogen and oxygen atoms in total. The van der Waals surface area contributed by atoms with Gasteiger partial charge in [0.05, 0.1) is 37.5 Å². The lowest BCUT2D eigenvalue weighted by atomic mass is 10.1. The van der Waals surface area contributed by atoms with Gasteiger partial charge in [0.15, 0.2) is 5.78 Å². The molecule has 0 radical (unpaired) electrons. The minimum atomic E-state index is -5.05. The normalized spacial score (nSPS) is 13.6. The number of quaternary nitrogens is 1. The number of rotatable bonds is 9. The summed E-state index contributed by atoms with van der Waals surface area (Å²) < 4.78 is 104. The fourth-order valence-electron chi connectivity index (χ4n) is 2.79. The fourth-order valence-corrected chi connectivity index (χ4v) is 3.95. The van der Waals surface area contributed by atoms with Crippen molar-refractivity contribution < 1.29 is 44.0 Å². The van der Waals surface area contributed by atoms with E-state index in [1.54, 1.807) is 14.1 Å². The maximum absolute atomic E-state index is 12.9. The van der Waals surface area contributed by atoms with E-state index >= 15 is 0 Å². The van der Waals surface area contributed by atoms with Crippen molar-refractivity contribution in [3.63, 3.8) is 0 Å². The predicted molar refractivity (Wildman–Crippen MR) is 94.2 cm³/mol. The molecule has 0 bridgehead atoms. The van der Waals surface area contributed by atoms with Crippen LogP contribution in [0.25, 0.3) is 0 Å². The van der Waals surface area contributed by atoms with Crippen molar-refractivity contribution in [1.82, 2.24) is 4.72 Å². The first-order valence-corrected chi connectivity index (χ1v) is 10.1. The number of hydrogen-bond acceptors (Lipinski definition) is 3. The van der Waals surface area contributed by atoms with Gasteiger partial charge in [-0.3, -0.25) is 4.79 Å². The van der Waals surface area contributed by atoms with Crippen LogP contribution in [0.4, 0.5) is 26.3 Å². The molecule has 0 unspecified atom stereocenters. The second kappa shape index (κ2) is 9.00. The van der Waals surface area contributed by atoms with Crippen molar-refractivity contribution in [2.45, 2.75) is 31.5 Å². The minimum absolute atomic E-state index is 0.0411. The van der Waals surface area contributed by atoms with Gasteiger partial charge in [0.25, 0.3) is 0 Å². The van der Waals surface area contributed by atoms with Crippen molar-refractivity contribution in [2.75, 3.05) is 33.7 Å². The molecular weight excluding hydrogens is 426 g/mol. The molecule has 0 spiro atoms. The Morgan fingerprint density at radius 1 is 1.00 bits per heavy atom. The number of ketones is 1. The number of hydrogen-bond donors (Lipinski definition) is 1. The molecule has 0 atom stereocenters. The van der Waals surface area contributed by atoms with E-state index in [0.717, 1.165) is 0 Å². The number of Topliss-reactive ketones (excluding diaryl/α,β-unsaturated/α-hetero) is 1. The van der Waals surface area contributed by atoms with E-state index in [9.17, 15) is 39.6 Å². The average molecular weight is 449 g/mol. The number of sulfonamides is 1. The number of carbonyl (C=O) groups is 1. The highest BCUT2D eigenvalue weighted by Gasteiger charge is 2.37. The maximum atomic E-state index is 12.9. The summed E-state index contributed by atoms with van der Waals surface area (Å²) in [5, 5.41) is 0. The first-order valence-electron chi connectivity index (χ1n) is 8.48. The van der Waals surface area contributed by atoms with Gasteiger partial charge in [-0.25, -0.2) is 13.1 Å². The minimum Gasteiger partial charge on any atom is -0.322 e. The third-order valence-electron chi connectivity index (χ3n) is 3.92. The molecule has 12 heteroatoms. The van der Waals surface area contributed by atoms with Gasteiger partial charge in [-0.15, -0.1) is 0 Å². The number of nitrogens with one attached hydrogen (secondary N) is 1. The van der Waals surface area contributed by atoms with Crippen LogP contribution >= 0.6 is 0 Å². The van der Waals surface area contributed by atoms with E-state index in [2.05, 4.69) is 4.72 Å². The Bertz CT molecular complexity index is 800. The molecule has 0 saturated carbocycles. The third-order valence-corrected chi connectivity index (χ3v) is 5.27. The van der Waals surface area contributed by atoms with Crippen molar-refractivity contribution in [3.8, 4) is 0 Å². The van der Waals surface area contributed by atoms with Gasteiger partial charge >= 0.3 is 12.4 Å². The van der Waals surface area contributed by atoms with Crippen molar-refractivity contribution >= 4 is 15.8 Å². The molecular formula is C17H23F6N2O3S+. The van der Waals surface area contributed by atoms with Crippen LogP contribution in [-0.4, -0.2) is 52.4 Å². The molecule has 1 aromatic carbocycles. The highest BCUT2D eigenvalue weighted by Crippen LogP contribution is 2.36. The van der Waals surface area contributed by atoms with Gasteiger partial charge in [0.1, 0.15) is 6.54 Å². The standard InChI is InChI=1S/C17H23F6N2O3S/c1-12(26)10-25(2,3)6-4-5-24-29(27,28)11-13-7-14(16(18,19)20)9-15(8-13)17(21,22)23/h7-9,24H,4-6,10-11H2,1-3H3/q+1.